The van der Waals surface area contributed by atoms with Crippen molar-refractivity contribution in [2.75, 3.05) is 13.1 Å². The van der Waals surface area contributed by atoms with E-state index in [2.05, 4.69) is 36.7 Å². The highest BCUT2D eigenvalue weighted by atomic mass is 35.5. The van der Waals surface area contributed by atoms with Crippen LogP contribution in [0.15, 0.2) is 18.2 Å². The van der Waals surface area contributed by atoms with E-state index < -0.39 is 0 Å². The SMILES string of the molecule is CC(C)n1c(C2(C)CCNC2)nc2cc(Cl)ccc21. The molecule has 3 nitrogen and oxygen atoms in total. The van der Waals surface area contributed by atoms with E-state index in [0.29, 0.717) is 6.04 Å². The second-order valence-electron chi connectivity index (χ2n) is 6.02. The minimum absolute atomic E-state index is 0.121. The van der Waals surface area contributed by atoms with Gasteiger partial charge in [0.2, 0.25) is 0 Å². The van der Waals surface area contributed by atoms with Crippen molar-refractivity contribution in [2.45, 2.75) is 38.6 Å². The maximum Gasteiger partial charge on any atom is 0.117 e. The lowest BCUT2D eigenvalue weighted by Gasteiger charge is -2.25. The van der Waals surface area contributed by atoms with E-state index in [1.165, 1.54) is 11.3 Å². The van der Waals surface area contributed by atoms with E-state index in [-0.39, 0.29) is 5.41 Å². The van der Waals surface area contributed by atoms with E-state index in [4.69, 9.17) is 16.6 Å². The molecule has 0 saturated carbocycles. The van der Waals surface area contributed by atoms with Crippen LogP contribution >= 0.6 is 11.6 Å². The van der Waals surface area contributed by atoms with Crippen LogP contribution in [0.5, 0.6) is 0 Å². The van der Waals surface area contributed by atoms with Crippen LogP contribution in [0.1, 0.15) is 39.1 Å². The van der Waals surface area contributed by atoms with Crippen LogP contribution in [0.25, 0.3) is 11.0 Å². The Morgan fingerprint density at radius 3 is 2.84 bits per heavy atom. The summed E-state index contributed by atoms with van der Waals surface area (Å²) in [5, 5.41) is 4.21. The highest BCUT2D eigenvalue weighted by Crippen LogP contribution is 2.34. The quantitative estimate of drug-likeness (QED) is 0.910. The second kappa shape index (κ2) is 4.50. The zero-order valence-electron chi connectivity index (χ0n) is 11.7. The van der Waals surface area contributed by atoms with Crippen LogP contribution in [0.2, 0.25) is 5.02 Å². The highest BCUT2D eigenvalue weighted by molar-refractivity contribution is 6.31. The van der Waals surface area contributed by atoms with Crippen LogP contribution < -0.4 is 5.32 Å². The number of aromatic nitrogens is 2. The molecule has 1 saturated heterocycles. The van der Waals surface area contributed by atoms with E-state index in [0.717, 1.165) is 30.0 Å². The van der Waals surface area contributed by atoms with Crippen LogP contribution in [0.4, 0.5) is 0 Å². The largest absolute Gasteiger partial charge is 0.325 e. The molecular formula is C15H20ClN3. The molecule has 3 rings (SSSR count). The average molecular weight is 278 g/mol. The predicted molar refractivity (Wildman–Crippen MR) is 80.0 cm³/mol. The Bertz CT molecular complexity index is 609. The van der Waals surface area contributed by atoms with Gasteiger partial charge in [-0.3, -0.25) is 0 Å². The van der Waals surface area contributed by atoms with Crippen LogP contribution in [0.3, 0.4) is 0 Å². The summed E-state index contributed by atoms with van der Waals surface area (Å²) in [5.41, 5.74) is 2.31. The number of fused-ring (bicyclic) bond motifs is 1. The summed E-state index contributed by atoms with van der Waals surface area (Å²) in [4.78, 5) is 4.89. The summed E-state index contributed by atoms with van der Waals surface area (Å²) in [5.74, 6) is 1.18. The molecule has 1 aromatic heterocycles. The lowest BCUT2D eigenvalue weighted by molar-refractivity contribution is 0.442. The second-order valence-corrected chi connectivity index (χ2v) is 6.46. The number of nitrogens with zero attached hydrogens (tertiary/aromatic N) is 2. The molecule has 19 heavy (non-hydrogen) atoms. The van der Waals surface area contributed by atoms with E-state index in [9.17, 15) is 0 Å². The van der Waals surface area contributed by atoms with Gasteiger partial charge < -0.3 is 9.88 Å². The van der Waals surface area contributed by atoms with Crippen molar-refractivity contribution < 1.29 is 0 Å². The van der Waals surface area contributed by atoms with Crippen molar-refractivity contribution in [3.05, 3.63) is 29.0 Å². The molecule has 1 aliphatic heterocycles. The highest BCUT2D eigenvalue weighted by Gasteiger charge is 2.36. The van der Waals surface area contributed by atoms with Gasteiger partial charge >= 0.3 is 0 Å². The summed E-state index contributed by atoms with van der Waals surface area (Å²) in [6.07, 6.45) is 1.14. The molecule has 4 heteroatoms. The van der Waals surface area contributed by atoms with E-state index in [1.54, 1.807) is 0 Å². The molecule has 0 bridgehead atoms. The summed E-state index contributed by atoms with van der Waals surface area (Å²) in [7, 11) is 0. The van der Waals surface area contributed by atoms with Gasteiger partial charge in [0, 0.05) is 23.0 Å². The fraction of sp³-hybridized carbons (Fsp3) is 0.533. The molecule has 0 aliphatic carbocycles. The molecule has 1 unspecified atom stereocenters. The Morgan fingerprint density at radius 1 is 1.42 bits per heavy atom. The molecule has 2 aromatic rings. The van der Waals surface area contributed by atoms with Crippen molar-refractivity contribution in [1.82, 2.24) is 14.9 Å². The van der Waals surface area contributed by atoms with Gasteiger partial charge in [0.25, 0.3) is 0 Å². The number of imidazole rings is 1. The van der Waals surface area contributed by atoms with Crippen LogP contribution in [-0.4, -0.2) is 22.6 Å². The summed E-state index contributed by atoms with van der Waals surface area (Å²) in [6.45, 7) is 8.79. The van der Waals surface area contributed by atoms with Crippen LogP contribution in [-0.2, 0) is 5.41 Å². The first-order chi connectivity index (χ1) is 9.01. The number of hydrogen-bond acceptors (Lipinski definition) is 2. The average Bonchev–Trinajstić information content (AvgIpc) is 2.93. The minimum Gasteiger partial charge on any atom is -0.325 e. The van der Waals surface area contributed by atoms with Crippen molar-refractivity contribution in [3.63, 3.8) is 0 Å². The van der Waals surface area contributed by atoms with Crippen molar-refractivity contribution >= 4 is 22.6 Å². The molecule has 102 valence electrons. The predicted octanol–water partition coefficient (Wildman–Crippen LogP) is 3.52. The van der Waals surface area contributed by atoms with Gasteiger partial charge in [0.1, 0.15) is 5.82 Å². The first-order valence-electron chi connectivity index (χ1n) is 6.90. The maximum absolute atomic E-state index is 6.09. The summed E-state index contributed by atoms with van der Waals surface area (Å²) >= 11 is 6.09. The Kier molecular flexibility index (Phi) is 3.06. The number of halogens is 1. The third-order valence-electron chi connectivity index (χ3n) is 4.08. The van der Waals surface area contributed by atoms with Gasteiger partial charge in [-0.15, -0.1) is 0 Å². The van der Waals surface area contributed by atoms with Gasteiger partial charge in [-0.2, -0.15) is 0 Å². The van der Waals surface area contributed by atoms with E-state index >= 15 is 0 Å². The number of nitrogens with one attached hydrogen (secondary N) is 1. The Balaban J connectivity index is 2.25. The van der Waals surface area contributed by atoms with Gasteiger partial charge in [-0.1, -0.05) is 18.5 Å². The van der Waals surface area contributed by atoms with Gasteiger partial charge in [0.05, 0.1) is 11.0 Å². The fourth-order valence-corrected chi connectivity index (χ4v) is 3.19. The molecule has 1 aromatic carbocycles. The monoisotopic (exact) mass is 277 g/mol. The zero-order chi connectivity index (χ0) is 13.6. The third-order valence-corrected chi connectivity index (χ3v) is 4.31. The molecule has 1 aliphatic rings. The first kappa shape index (κ1) is 12.9. The third kappa shape index (κ3) is 2.05. The van der Waals surface area contributed by atoms with Crippen LogP contribution in [0, 0.1) is 0 Å². The zero-order valence-corrected chi connectivity index (χ0v) is 12.5. The molecule has 1 N–H and O–H groups in total. The Labute approximate surface area is 119 Å². The molecule has 1 fully saturated rings. The fourth-order valence-electron chi connectivity index (χ4n) is 3.03. The summed E-state index contributed by atoms with van der Waals surface area (Å²) < 4.78 is 2.36. The molecule has 2 heterocycles. The lowest BCUT2D eigenvalue weighted by Crippen LogP contribution is -2.29. The molecular weight excluding hydrogens is 258 g/mol. The number of benzene rings is 1. The van der Waals surface area contributed by atoms with Gasteiger partial charge in [-0.05, 0) is 45.0 Å². The Morgan fingerprint density at radius 2 is 2.21 bits per heavy atom. The molecule has 0 spiro atoms. The van der Waals surface area contributed by atoms with E-state index in [1.807, 2.05) is 12.1 Å². The van der Waals surface area contributed by atoms with Crippen molar-refractivity contribution in [3.8, 4) is 0 Å². The van der Waals surface area contributed by atoms with Crippen molar-refractivity contribution in [2.24, 2.45) is 0 Å². The molecule has 0 amide bonds. The number of hydrogen-bond donors (Lipinski definition) is 1. The maximum atomic E-state index is 6.09. The minimum atomic E-state index is 0.121. The lowest BCUT2D eigenvalue weighted by atomic mass is 9.88. The first-order valence-corrected chi connectivity index (χ1v) is 7.28. The standard InChI is InChI=1S/C15H20ClN3/c1-10(2)19-13-5-4-11(16)8-12(13)18-14(19)15(3)6-7-17-9-15/h4-5,8,10,17H,6-7,9H2,1-3H3. The summed E-state index contributed by atoms with van der Waals surface area (Å²) in [6, 6.07) is 6.40. The van der Waals surface area contributed by atoms with Crippen molar-refractivity contribution in [1.29, 1.82) is 0 Å². The molecule has 0 radical (unpaired) electrons. The topological polar surface area (TPSA) is 29.9 Å². The smallest absolute Gasteiger partial charge is 0.117 e. The van der Waals surface area contributed by atoms with Gasteiger partial charge in [0.15, 0.2) is 0 Å². The molecule has 1 atom stereocenters. The normalized spacial score (nSPS) is 23.6. The van der Waals surface area contributed by atoms with Gasteiger partial charge in [-0.25, -0.2) is 4.98 Å². The Hall–Kier alpha value is -1.06. The number of rotatable bonds is 2.